The molecule has 1 aromatic rings. The van der Waals surface area contributed by atoms with Gasteiger partial charge in [-0.2, -0.15) is 0 Å². The summed E-state index contributed by atoms with van der Waals surface area (Å²) in [7, 11) is 0. The van der Waals surface area contributed by atoms with Gasteiger partial charge in [0.15, 0.2) is 6.29 Å². The molecule has 0 atom stereocenters. The lowest BCUT2D eigenvalue weighted by molar-refractivity contribution is -0.109. The number of rotatable bonds is 7. The molecule has 1 rings (SSSR count). The average molecular weight is 395 g/mol. The van der Waals surface area contributed by atoms with E-state index in [-0.39, 0.29) is 27.2 Å². The van der Waals surface area contributed by atoms with Crippen LogP contribution in [0.4, 0.5) is 10.1 Å². The lowest BCUT2D eigenvalue weighted by Gasteiger charge is -2.06. The van der Waals surface area contributed by atoms with Gasteiger partial charge in [0.2, 0.25) is 5.78 Å². The first-order valence-corrected chi connectivity index (χ1v) is 7.66. The molecule has 0 saturated carbocycles. The van der Waals surface area contributed by atoms with Crippen LogP contribution in [0, 0.1) is 5.82 Å². The first-order chi connectivity index (χ1) is 11.5. The molecule has 0 aromatic heterocycles. The van der Waals surface area contributed by atoms with Crippen LogP contribution in [0.2, 0.25) is 0 Å². The van der Waals surface area contributed by atoms with Crippen LogP contribution in [0.5, 0.6) is 0 Å². The van der Waals surface area contributed by atoms with Gasteiger partial charge in [-0.3, -0.25) is 14.6 Å². The summed E-state index contributed by atoms with van der Waals surface area (Å²) in [6.45, 7) is 2.24. The topological polar surface area (TPSA) is 111 Å². The number of aliphatic imine (C=N–C) groups is 2. The van der Waals surface area contributed by atoms with E-state index >= 15 is 0 Å². The summed E-state index contributed by atoms with van der Waals surface area (Å²) in [6, 6.07) is 3.44. The molecule has 0 amide bonds. The molecule has 0 aliphatic heterocycles. The Bertz CT molecular complexity index is 754. The van der Waals surface area contributed by atoms with Gasteiger partial charge in [0, 0.05) is 18.3 Å². The highest BCUT2D eigenvalue weighted by molar-refractivity contribution is 9.18. The van der Waals surface area contributed by atoms with E-state index in [1.54, 1.807) is 6.92 Å². The smallest absolute Gasteiger partial charge is 0.215 e. The molecule has 1 aromatic carbocycles. The molecule has 0 saturated heterocycles. The normalized spacial score (nSPS) is 13.4. The highest BCUT2D eigenvalue weighted by Gasteiger charge is 2.19. The number of ketones is 1. The van der Waals surface area contributed by atoms with E-state index in [0.717, 1.165) is 24.5 Å². The van der Waals surface area contributed by atoms with E-state index < -0.39 is 11.6 Å². The molecule has 0 aliphatic rings. The first kappa shape index (κ1) is 19.4. The predicted octanol–water partition coefficient (Wildman–Crippen LogP) is 2.41. The number of hydrogen-bond acceptors (Lipinski definition) is 6. The van der Waals surface area contributed by atoms with E-state index in [1.807, 2.05) is 0 Å². The van der Waals surface area contributed by atoms with Crippen molar-refractivity contribution < 1.29 is 14.0 Å². The Hall–Kier alpha value is -2.61. The fourth-order valence-corrected chi connectivity index (χ4v) is 2.27. The minimum Gasteiger partial charge on any atom is -0.405 e. The average Bonchev–Trinajstić information content (AvgIpc) is 2.56. The fraction of sp³-hybridized carbons (Fsp3) is 0.125. The minimum atomic E-state index is -0.585. The molecule has 126 valence electrons. The SMILES string of the molecule is CCN=C(Br)C(=CN)C(=O)C(C=CN)=Nc1ccc(F)cc1C=O. The minimum absolute atomic E-state index is 0.00490. The maximum Gasteiger partial charge on any atom is 0.215 e. The number of carbonyl (C=O) groups excluding carboxylic acids is 2. The Morgan fingerprint density at radius 2 is 2.08 bits per heavy atom. The van der Waals surface area contributed by atoms with Crippen molar-refractivity contribution >= 4 is 44.0 Å². The summed E-state index contributed by atoms with van der Waals surface area (Å²) in [6.07, 6.45) is 3.93. The highest BCUT2D eigenvalue weighted by atomic mass is 79.9. The van der Waals surface area contributed by atoms with Crippen LogP contribution in [0.1, 0.15) is 17.3 Å². The molecule has 0 aliphatic carbocycles. The summed E-state index contributed by atoms with van der Waals surface area (Å²) in [4.78, 5) is 31.8. The highest BCUT2D eigenvalue weighted by Crippen LogP contribution is 2.20. The molecular formula is C16H16BrFN4O2. The van der Waals surface area contributed by atoms with Crippen molar-refractivity contribution in [2.45, 2.75) is 6.92 Å². The van der Waals surface area contributed by atoms with E-state index in [2.05, 4.69) is 25.9 Å². The van der Waals surface area contributed by atoms with Gasteiger partial charge in [-0.15, -0.1) is 0 Å². The van der Waals surface area contributed by atoms with Crippen molar-refractivity contribution in [3.05, 3.63) is 53.6 Å². The molecule has 0 fully saturated rings. The van der Waals surface area contributed by atoms with Gasteiger partial charge in [0.1, 0.15) is 16.1 Å². The number of nitrogens with two attached hydrogens (primary N) is 2. The van der Waals surface area contributed by atoms with Crippen molar-refractivity contribution in [3.63, 3.8) is 0 Å². The van der Waals surface area contributed by atoms with Gasteiger partial charge in [0.25, 0.3) is 0 Å². The molecular weight excluding hydrogens is 379 g/mol. The monoisotopic (exact) mass is 394 g/mol. The van der Waals surface area contributed by atoms with Crippen LogP contribution in [-0.4, -0.2) is 28.9 Å². The third-order valence-electron chi connectivity index (χ3n) is 2.77. The Labute approximate surface area is 147 Å². The van der Waals surface area contributed by atoms with Gasteiger partial charge in [-0.1, -0.05) is 0 Å². The van der Waals surface area contributed by atoms with Crippen LogP contribution in [0.25, 0.3) is 0 Å². The van der Waals surface area contributed by atoms with Crippen LogP contribution < -0.4 is 11.5 Å². The van der Waals surface area contributed by atoms with Crippen LogP contribution in [0.3, 0.4) is 0 Å². The zero-order valence-corrected chi connectivity index (χ0v) is 14.5. The Morgan fingerprint density at radius 3 is 2.62 bits per heavy atom. The Balaban J connectivity index is 3.40. The van der Waals surface area contributed by atoms with Gasteiger partial charge >= 0.3 is 0 Å². The summed E-state index contributed by atoms with van der Waals surface area (Å²) in [5.41, 5.74) is 11.0. The summed E-state index contributed by atoms with van der Waals surface area (Å²) < 4.78 is 13.5. The van der Waals surface area contributed by atoms with Crippen molar-refractivity contribution in [1.29, 1.82) is 0 Å². The number of benzene rings is 1. The van der Waals surface area contributed by atoms with Crippen molar-refractivity contribution in [1.82, 2.24) is 0 Å². The van der Waals surface area contributed by atoms with Crippen molar-refractivity contribution in [2.24, 2.45) is 21.5 Å². The summed E-state index contributed by atoms with van der Waals surface area (Å²) in [5.74, 6) is -1.14. The fourth-order valence-electron chi connectivity index (χ4n) is 1.71. The Kier molecular flexibility index (Phi) is 7.70. The van der Waals surface area contributed by atoms with Crippen LogP contribution in [0.15, 0.2) is 52.2 Å². The second-order valence-corrected chi connectivity index (χ2v) is 5.10. The number of halogens is 2. The molecule has 0 spiro atoms. The molecule has 24 heavy (non-hydrogen) atoms. The number of carbonyl (C=O) groups is 2. The van der Waals surface area contributed by atoms with Crippen molar-refractivity contribution in [3.8, 4) is 0 Å². The number of hydrogen-bond donors (Lipinski definition) is 2. The summed E-state index contributed by atoms with van der Waals surface area (Å²) in [5, 5.41) is 0. The van der Waals surface area contributed by atoms with E-state index in [9.17, 15) is 14.0 Å². The maximum absolute atomic E-state index is 13.2. The second-order valence-electron chi connectivity index (χ2n) is 4.35. The molecule has 6 nitrogen and oxygen atoms in total. The standard InChI is InChI=1S/C16H16BrFN4O2/c1-2-21-16(17)12(8-20)15(24)14(5-6-19)22-13-4-3-11(18)7-10(13)9-23/h3-9H,2,19-20H2,1H3. The largest absolute Gasteiger partial charge is 0.405 e. The number of allylic oxidation sites excluding steroid dienone is 2. The molecule has 0 bridgehead atoms. The third kappa shape index (κ3) is 4.95. The van der Waals surface area contributed by atoms with Gasteiger partial charge in [-0.25, -0.2) is 9.38 Å². The zero-order chi connectivity index (χ0) is 18.1. The first-order valence-electron chi connectivity index (χ1n) is 6.87. The van der Waals surface area contributed by atoms with Crippen LogP contribution in [-0.2, 0) is 4.79 Å². The quantitative estimate of drug-likeness (QED) is 0.420. The molecule has 8 heteroatoms. The number of nitrogens with zero attached hydrogens (tertiary/aromatic N) is 2. The van der Waals surface area contributed by atoms with E-state index in [1.165, 1.54) is 12.1 Å². The third-order valence-corrected chi connectivity index (χ3v) is 3.45. The van der Waals surface area contributed by atoms with Gasteiger partial charge < -0.3 is 11.5 Å². The zero-order valence-electron chi connectivity index (χ0n) is 12.9. The van der Waals surface area contributed by atoms with Crippen LogP contribution >= 0.6 is 15.9 Å². The lowest BCUT2D eigenvalue weighted by Crippen LogP contribution is -2.19. The Morgan fingerprint density at radius 1 is 1.38 bits per heavy atom. The molecule has 0 unspecified atom stereocenters. The number of aldehydes is 1. The molecule has 0 heterocycles. The van der Waals surface area contributed by atoms with Gasteiger partial charge in [0.05, 0.1) is 11.3 Å². The molecule has 0 radical (unpaired) electrons. The second kappa shape index (κ2) is 9.51. The predicted molar refractivity (Wildman–Crippen MR) is 96.4 cm³/mol. The van der Waals surface area contributed by atoms with Gasteiger partial charge in [-0.05, 0) is 53.3 Å². The molecule has 4 N–H and O–H groups in total. The lowest BCUT2D eigenvalue weighted by atomic mass is 10.1. The van der Waals surface area contributed by atoms with E-state index in [0.29, 0.717) is 12.8 Å². The summed E-state index contributed by atoms with van der Waals surface area (Å²) >= 11 is 3.17. The number of Topliss-reactive ketones (excluding diaryl/α,β-unsaturated/α-hetero) is 1. The van der Waals surface area contributed by atoms with E-state index in [4.69, 9.17) is 11.5 Å². The van der Waals surface area contributed by atoms with Crippen molar-refractivity contribution in [2.75, 3.05) is 6.54 Å². The maximum atomic E-state index is 13.2.